The maximum Gasteiger partial charge on any atom is 0.160 e. The van der Waals surface area contributed by atoms with Crippen molar-refractivity contribution in [1.82, 2.24) is 14.5 Å². The number of benzene rings is 1. The first-order valence-corrected chi connectivity index (χ1v) is 7.67. The summed E-state index contributed by atoms with van der Waals surface area (Å²) in [4.78, 5) is 9.13. The van der Waals surface area contributed by atoms with Crippen molar-refractivity contribution in [3.05, 3.63) is 58.5 Å². The molecule has 1 unspecified atom stereocenters. The fraction of sp³-hybridized carbons (Fsp3) is 0.250. The smallest absolute Gasteiger partial charge is 0.160 e. The highest BCUT2D eigenvalue weighted by atomic mass is 35.5. The highest BCUT2D eigenvalue weighted by Gasteiger charge is 2.18. The van der Waals surface area contributed by atoms with Crippen molar-refractivity contribution in [2.75, 3.05) is 0 Å². The summed E-state index contributed by atoms with van der Waals surface area (Å²) in [6.07, 6.45) is 1.81. The Morgan fingerprint density at radius 2 is 1.90 bits per heavy atom. The Hall–Kier alpha value is -1.58. The first-order valence-electron chi connectivity index (χ1n) is 6.75. The average Bonchev–Trinajstić information content (AvgIpc) is 2.87. The minimum atomic E-state index is 0.0929. The molecule has 1 aromatic carbocycles. The third kappa shape index (κ3) is 2.52. The third-order valence-electron chi connectivity index (χ3n) is 3.71. The average molecular weight is 320 g/mol. The van der Waals surface area contributed by atoms with Gasteiger partial charge in [0.2, 0.25) is 0 Å². The van der Waals surface area contributed by atoms with Crippen LogP contribution in [0.4, 0.5) is 0 Å². The molecule has 0 saturated heterocycles. The molecule has 3 rings (SSSR count). The van der Waals surface area contributed by atoms with E-state index in [0.29, 0.717) is 5.88 Å². The molecule has 0 saturated carbocycles. The van der Waals surface area contributed by atoms with Gasteiger partial charge in [-0.05, 0) is 43.2 Å². The summed E-state index contributed by atoms with van der Waals surface area (Å²) >= 11 is 12.0. The van der Waals surface area contributed by atoms with Crippen LogP contribution < -0.4 is 0 Å². The molecule has 5 heteroatoms. The maximum absolute atomic E-state index is 6.08. The van der Waals surface area contributed by atoms with Crippen molar-refractivity contribution in [2.45, 2.75) is 25.8 Å². The lowest BCUT2D eigenvalue weighted by Gasteiger charge is -2.17. The fourth-order valence-electron chi connectivity index (χ4n) is 2.55. The Morgan fingerprint density at radius 3 is 2.57 bits per heavy atom. The summed E-state index contributed by atoms with van der Waals surface area (Å²) in [6, 6.07) is 9.89. The van der Waals surface area contributed by atoms with Crippen LogP contribution in [0.2, 0.25) is 5.02 Å². The van der Waals surface area contributed by atoms with Crippen molar-refractivity contribution in [3.63, 3.8) is 0 Å². The van der Waals surface area contributed by atoms with Crippen molar-refractivity contribution in [2.24, 2.45) is 0 Å². The molecule has 0 aliphatic heterocycles. The summed E-state index contributed by atoms with van der Waals surface area (Å²) in [5.41, 5.74) is 4.03. The van der Waals surface area contributed by atoms with Gasteiger partial charge in [0.1, 0.15) is 11.3 Å². The number of hydrogen-bond donors (Lipinski definition) is 0. The molecular weight excluding hydrogens is 305 g/mol. The normalized spacial score (nSPS) is 12.8. The van der Waals surface area contributed by atoms with Gasteiger partial charge in [-0.15, -0.1) is 11.6 Å². The first-order chi connectivity index (χ1) is 10.1. The molecule has 0 fully saturated rings. The van der Waals surface area contributed by atoms with E-state index in [1.165, 1.54) is 0 Å². The quantitative estimate of drug-likeness (QED) is 0.653. The zero-order valence-electron chi connectivity index (χ0n) is 11.8. The molecule has 0 spiro atoms. The van der Waals surface area contributed by atoms with Crippen LogP contribution in [0.25, 0.3) is 11.2 Å². The number of rotatable bonds is 3. The van der Waals surface area contributed by atoms with Gasteiger partial charge in [0, 0.05) is 11.2 Å². The molecule has 0 aliphatic rings. The SMILES string of the molecule is Cc1ccnc2c1nc(CCl)n2C(C)c1ccc(Cl)cc1. The predicted octanol–water partition coefficient (Wildman–Crippen LogP) is 4.74. The van der Waals surface area contributed by atoms with Crippen LogP contribution in [0.3, 0.4) is 0 Å². The largest absolute Gasteiger partial charge is 0.304 e. The maximum atomic E-state index is 6.08. The van der Waals surface area contributed by atoms with Crippen LogP contribution in [0.1, 0.15) is 29.9 Å². The fourth-order valence-corrected chi connectivity index (χ4v) is 2.86. The molecule has 21 heavy (non-hydrogen) atoms. The van der Waals surface area contributed by atoms with Crippen LogP contribution in [0.15, 0.2) is 36.5 Å². The number of aryl methyl sites for hydroxylation is 1. The number of imidazole rings is 1. The second-order valence-corrected chi connectivity index (χ2v) is 5.76. The zero-order chi connectivity index (χ0) is 15.0. The second kappa shape index (κ2) is 5.66. The summed E-state index contributed by atoms with van der Waals surface area (Å²) < 4.78 is 2.10. The van der Waals surface area contributed by atoms with E-state index in [4.69, 9.17) is 23.2 Å². The van der Waals surface area contributed by atoms with Crippen LogP contribution in [-0.2, 0) is 5.88 Å². The minimum Gasteiger partial charge on any atom is -0.304 e. The molecule has 0 aliphatic carbocycles. The van der Waals surface area contributed by atoms with Crippen LogP contribution in [0.5, 0.6) is 0 Å². The van der Waals surface area contributed by atoms with Crippen LogP contribution in [-0.4, -0.2) is 14.5 Å². The lowest BCUT2D eigenvalue weighted by Crippen LogP contribution is -2.10. The number of pyridine rings is 1. The molecular formula is C16H15Cl2N3. The Balaban J connectivity index is 2.18. The van der Waals surface area contributed by atoms with Gasteiger partial charge in [0.05, 0.1) is 11.9 Å². The van der Waals surface area contributed by atoms with E-state index in [1.807, 2.05) is 43.5 Å². The highest BCUT2D eigenvalue weighted by Crippen LogP contribution is 2.27. The molecule has 1 atom stereocenters. The van der Waals surface area contributed by atoms with E-state index in [1.54, 1.807) is 0 Å². The number of fused-ring (bicyclic) bond motifs is 1. The molecule has 108 valence electrons. The van der Waals surface area contributed by atoms with E-state index in [9.17, 15) is 0 Å². The van der Waals surface area contributed by atoms with Crippen LogP contribution in [0, 0.1) is 6.92 Å². The van der Waals surface area contributed by atoms with Gasteiger partial charge in [0.15, 0.2) is 5.65 Å². The van der Waals surface area contributed by atoms with Crippen molar-refractivity contribution < 1.29 is 0 Å². The van der Waals surface area contributed by atoms with Gasteiger partial charge in [-0.2, -0.15) is 0 Å². The summed E-state index contributed by atoms with van der Waals surface area (Å²) in [7, 11) is 0. The van der Waals surface area contributed by atoms with E-state index in [-0.39, 0.29) is 6.04 Å². The van der Waals surface area contributed by atoms with E-state index < -0.39 is 0 Å². The molecule has 0 amide bonds. The van der Waals surface area contributed by atoms with Crippen LogP contribution >= 0.6 is 23.2 Å². The Morgan fingerprint density at radius 1 is 1.19 bits per heavy atom. The van der Waals surface area contributed by atoms with E-state index in [2.05, 4.69) is 21.5 Å². The third-order valence-corrected chi connectivity index (χ3v) is 4.20. The number of aromatic nitrogens is 3. The van der Waals surface area contributed by atoms with Crippen molar-refractivity contribution in [1.29, 1.82) is 0 Å². The van der Waals surface area contributed by atoms with E-state index in [0.717, 1.165) is 33.1 Å². The van der Waals surface area contributed by atoms with Gasteiger partial charge in [0.25, 0.3) is 0 Å². The molecule has 0 radical (unpaired) electrons. The summed E-state index contributed by atoms with van der Waals surface area (Å²) in [5.74, 6) is 1.18. The minimum absolute atomic E-state index is 0.0929. The number of nitrogens with zero attached hydrogens (tertiary/aromatic N) is 3. The molecule has 2 heterocycles. The van der Waals surface area contributed by atoms with Gasteiger partial charge < -0.3 is 4.57 Å². The number of halogens is 2. The highest BCUT2D eigenvalue weighted by molar-refractivity contribution is 6.30. The molecule has 3 nitrogen and oxygen atoms in total. The van der Waals surface area contributed by atoms with Gasteiger partial charge in [-0.1, -0.05) is 23.7 Å². The lowest BCUT2D eigenvalue weighted by molar-refractivity contribution is 0.629. The molecule has 3 aromatic rings. The van der Waals surface area contributed by atoms with Gasteiger partial charge in [-0.3, -0.25) is 0 Å². The second-order valence-electron chi connectivity index (χ2n) is 5.06. The standard InChI is InChI=1S/C16H15Cl2N3/c1-10-7-8-19-16-15(10)20-14(9-17)21(16)11(2)12-3-5-13(18)6-4-12/h3-8,11H,9H2,1-2H3. The zero-order valence-corrected chi connectivity index (χ0v) is 13.4. The van der Waals surface area contributed by atoms with Crippen molar-refractivity contribution in [3.8, 4) is 0 Å². The van der Waals surface area contributed by atoms with Gasteiger partial charge in [-0.25, -0.2) is 9.97 Å². The predicted molar refractivity (Wildman–Crippen MR) is 87.1 cm³/mol. The van der Waals surface area contributed by atoms with E-state index >= 15 is 0 Å². The Labute approximate surface area is 133 Å². The topological polar surface area (TPSA) is 30.7 Å². The van der Waals surface area contributed by atoms with Gasteiger partial charge >= 0.3 is 0 Å². The molecule has 2 aromatic heterocycles. The van der Waals surface area contributed by atoms with Crippen molar-refractivity contribution >= 4 is 34.4 Å². The molecule has 0 N–H and O–H groups in total. The Kier molecular flexibility index (Phi) is 3.87. The lowest BCUT2D eigenvalue weighted by atomic mass is 10.1. The Bertz CT molecular complexity index is 778. The molecule has 0 bridgehead atoms. The number of hydrogen-bond acceptors (Lipinski definition) is 2. The number of alkyl halides is 1. The first kappa shape index (κ1) is 14.4. The monoisotopic (exact) mass is 319 g/mol. The summed E-state index contributed by atoms with van der Waals surface area (Å²) in [5, 5.41) is 0.730. The summed E-state index contributed by atoms with van der Waals surface area (Å²) in [6.45, 7) is 4.15.